The zero-order valence-corrected chi connectivity index (χ0v) is 12.2. The van der Waals surface area contributed by atoms with Gasteiger partial charge in [-0.2, -0.15) is 0 Å². The molecule has 0 radical (unpaired) electrons. The number of carbonyl (C=O) groups excluding carboxylic acids is 1. The van der Waals surface area contributed by atoms with Crippen molar-refractivity contribution in [3.63, 3.8) is 0 Å². The normalized spacial score (nSPS) is 24.3. The predicted molar refractivity (Wildman–Crippen MR) is 75.9 cm³/mol. The van der Waals surface area contributed by atoms with Crippen molar-refractivity contribution in [3.05, 3.63) is 0 Å². The van der Waals surface area contributed by atoms with E-state index in [1.807, 2.05) is 0 Å². The van der Waals surface area contributed by atoms with E-state index in [1.165, 1.54) is 0 Å². The molecule has 2 aliphatic rings. The van der Waals surface area contributed by atoms with Crippen LogP contribution in [0, 0.1) is 5.41 Å². The molecule has 3 N–H and O–H groups in total. The van der Waals surface area contributed by atoms with Crippen molar-refractivity contribution in [2.45, 2.75) is 37.7 Å². The molecule has 2 fully saturated rings. The highest BCUT2D eigenvalue weighted by molar-refractivity contribution is 7.80. The second kappa shape index (κ2) is 5.73. The number of thiocarbonyl (C=S) groups is 1. The summed E-state index contributed by atoms with van der Waals surface area (Å²) in [5.41, 5.74) is 4.88. The molecule has 1 heterocycles. The smallest absolute Gasteiger partial charge is 0.233 e. The van der Waals surface area contributed by atoms with Gasteiger partial charge in [-0.25, -0.2) is 0 Å². The summed E-state index contributed by atoms with van der Waals surface area (Å²) in [6.45, 7) is 1.59. The van der Waals surface area contributed by atoms with Gasteiger partial charge in [-0.05, 0) is 32.1 Å². The minimum Gasteiger partial charge on any atom is -0.392 e. The van der Waals surface area contributed by atoms with Crippen molar-refractivity contribution in [1.82, 2.24) is 5.32 Å². The van der Waals surface area contributed by atoms with Gasteiger partial charge in [-0.15, -0.1) is 0 Å². The Labute approximate surface area is 119 Å². The van der Waals surface area contributed by atoms with Gasteiger partial charge < -0.3 is 20.5 Å². The Bertz CT molecular complexity index is 357. The van der Waals surface area contributed by atoms with E-state index in [-0.39, 0.29) is 16.5 Å². The summed E-state index contributed by atoms with van der Waals surface area (Å²) in [4.78, 5) is 12.7. The summed E-state index contributed by atoms with van der Waals surface area (Å²) < 4.78 is 10.8. The zero-order chi connectivity index (χ0) is 13.9. The van der Waals surface area contributed by atoms with Crippen LogP contribution in [0.25, 0.3) is 0 Å². The van der Waals surface area contributed by atoms with Crippen LogP contribution in [-0.2, 0) is 14.3 Å². The molecule has 5 nitrogen and oxygen atoms in total. The SMILES string of the molecule is COC1(CNC(=O)C2(C(N)=S)CCOCC2)CCC1. The number of hydrogen-bond donors (Lipinski definition) is 2. The molecule has 2 rings (SSSR count). The fraction of sp³-hybridized carbons (Fsp3) is 0.846. The van der Waals surface area contributed by atoms with Crippen LogP contribution >= 0.6 is 12.2 Å². The lowest BCUT2D eigenvalue weighted by Crippen LogP contribution is -2.56. The molecule has 0 aromatic carbocycles. The maximum Gasteiger partial charge on any atom is 0.233 e. The lowest BCUT2D eigenvalue weighted by Gasteiger charge is -2.42. The Kier molecular flexibility index (Phi) is 4.43. The topological polar surface area (TPSA) is 73.6 Å². The average molecular weight is 286 g/mol. The van der Waals surface area contributed by atoms with Crippen molar-refractivity contribution < 1.29 is 14.3 Å². The molecule has 1 aliphatic carbocycles. The fourth-order valence-corrected chi connectivity index (χ4v) is 3.04. The highest BCUT2D eigenvalue weighted by Crippen LogP contribution is 2.35. The maximum atomic E-state index is 12.5. The minimum atomic E-state index is -0.744. The molecule has 1 saturated carbocycles. The zero-order valence-electron chi connectivity index (χ0n) is 11.4. The summed E-state index contributed by atoms with van der Waals surface area (Å²) in [6, 6.07) is 0. The largest absolute Gasteiger partial charge is 0.392 e. The molecule has 6 heteroatoms. The third-order valence-corrected chi connectivity index (χ3v) is 4.91. The summed E-state index contributed by atoms with van der Waals surface area (Å²) >= 11 is 5.11. The molecule has 0 aromatic heterocycles. The molecule has 0 aromatic rings. The van der Waals surface area contributed by atoms with E-state index in [0.717, 1.165) is 19.3 Å². The van der Waals surface area contributed by atoms with Crippen LogP contribution in [0.2, 0.25) is 0 Å². The van der Waals surface area contributed by atoms with E-state index in [0.29, 0.717) is 32.6 Å². The Morgan fingerprint density at radius 3 is 2.42 bits per heavy atom. The van der Waals surface area contributed by atoms with Crippen LogP contribution < -0.4 is 11.1 Å². The van der Waals surface area contributed by atoms with Gasteiger partial charge in [0.25, 0.3) is 0 Å². The maximum absolute atomic E-state index is 12.5. The molecule has 0 unspecified atom stereocenters. The Balaban J connectivity index is 1.98. The van der Waals surface area contributed by atoms with Crippen molar-refractivity contribution in [2.24, 2.45) is 11.1 Å². The summed E-state index contributed by atoms with van der Waals surface area (Å²) in [5, 5.41) is 2.98. The molecule has 0 bridgehead atoms. The molecular weight excluding hydrogens is 264 g/mol. The molecular formula is C13H22N2O3S. The van der Waals surface area contributed by atoms with Crippen LogP contribution in [-0.4, -0.2) is 43.4 Å². The van der Waals surface area contributed by atoms with Gasteiger partial charge in [-0.1, -0.05) is 12.2 Å². The predicted octanol–water partition coefficient (Wildman–Crippen LogP) is 0.755. The first-order valence-corrected chi connectivity index (χ1v) is 7.17. The molecule has 0 atom stereocenters. The van der Waals surface area contributed by atoms with Crippen LogP contribution in [0.4, 0.5) is 0 Å². The van der Waals surface area contributed by atoms with Crippen LogP contribution in [0.3, 0.4) is 0 Å². The second-order valence-electron chi connectivity index (χ2n) is 5.48. The number of amides is 1. The van der Waals surface area contributed by atoms with Crippen LogP contribution in [0.1, 0.15) is 32.1 Å². The van der Waals surface area contributed by atoms with Gasteiger partial charge >= 0.3 is 0 Å². The van der Waals surface area contributed by atoms with E-state index in [9.17, 15) is 4.79 Å². The van der Waals surface area contributed by atoms with Gasteiger partial charge in [-0.3, -0.25) is 4.79 Å². The highest BCUT2D eigenvalue weighted by Gasteiger charge is 2.44. The van der Waals surface area contributed by atoms with E-state index >= 15 is 0 Å². The monoisotopic (exact) mass is 286 g/mol. The first kappa shape index (κ1) is 14.7. The Morgan fingerprint density at radius 2 is 2.00 bits per heavy atom. The number of carbonyl (C=O) groups is 1. The van der Waals surface area contributed by atoms with Gasteiger partial charge in [0.05, 0.1) is 10.6 Å². The first-order chi connectivity index (χ1) is 9.05. The van der Waals surface area contributed by atoms with Gasteiger partial charge in [0.2, 0.25) is 5.91 Å². The van der Waals surface area contributed by atoms with Gasteiger partial charge in [0.15, 0.2) is 0 Å². The summed E-state index contributed by atoms with van der Waals surface area (Å²) in [7, 11) is 1.70. The van der Waals surface area contributed by atoms with E-state index < -0.39 is 5.41 Å². The lowest BCUT2D eigenvalue weighted by molar-refractivity contribution is -0.134. The lowest BCUT2D eigenvalue weighted by atomic mass is 9.77. The molecule has 1 amide bonds. The number of methoxy groups -OCH3 is 1. The summed E-state index contributed by atoms with van der Waals surface area (Å²) in [5.74, 6) is -0.0772. The molecule has 19 heavy (non-hydrogen) atoms. The second-order valence-corrected chi connectivity index (χ2v) is 5.92. The van der Waals surface area contributed by atoms with Crippen LogP contribution in [0.15, 0.2) is 0 Å². The first-order valence-electron chi connectivity index (χ1n) is 6.76. The van der Waals surface area contributed by atoms with Crippen molar-refractivity contribution >= 4 is 23.1 Å². The third-order valence-electron chi connectivity index (χ3n) is 4.52. The van der Waals surface area contributed by atoms with Gasteiger partial charge in [0.1, 0.15) is 5.41 Å². The Morgan fingerprint density at radius 1 is 1.37 bits per heavy atom. The van der Waals surface area contributed by atoms with Crippen molar-refractivity contribution in [1.29, 1.82) is 0 Å². The van der Waals surface area contributed by atoms with E-state index in [1.54, 1.807) is 7.11 Å². The number of nitrogens with two attached hydrogens (primary N) is 1. The Hall–Kier alpha value is -0.720. The number of hydrogen-bond acceptors (Lipinski definition) is 4. The standard InChI is InChI=1S/C13H22N2O3S/c1-17-12(3-2-4-12)9-15-11(16)13(10(14)19)5-7-18-8-6-13/h2-9H2,1H3,(H2,14,19)(H,15,16). The number of nitrogens with one attached hydrogen (secondary N) is 1. The fourth-order valence-electron chi connectivity index (χ4n) is 2.74. The molecule has 1 aliphatic heterocycles. The molecule has 0 spiro atoms. The van der Waals surface area contributed by atoms with E-state index in [4.69, 9.17) is 27.4 Å². The number of rotatable bonds is 5. The van der Waals surface area contributed by atoms with Crippen LogP contribution in [0.5, 0.6) is 0 Å². The van der Waals surface area contributed by atoms with Crippen molar-refractivity contribution in [2.75, 3.05) is 26.9 Å². The van der Waals surface area contributed by atoms with Crippen molar-refractivity contribution in [3.8, 4) is 0 Å². The molecule has 1 saturated heterocycles. The third kappa shape index (κ3) is 2.75. The highest BCUT2D eigenvalue weighted by atomic mass is 32.1. The molecule has 108 valence electrons. The van der Waals surface area contributed by atoms with Gasteiger partial charge in [0, 0.05) is 26.9 Å². The summed E-state index contributed by atoms with van der Waals surface area (Å²) in [6.07, 6.45) is 4.26. The minimum absolute atomic E-state index is 0.0772. The average Bonchev–Trinajstić information content (AvgIpc) is 2.38. The number of ether oxygens (including phenoxy) is 2. The quantitative estimate of drug-likeness (QED) is 0.730. The van der Waals surface area contributed by atoms with E-state index in [2.05, 4.69) is 5.32 Å².